The Morgan fingerprint density at radius 2 is 0.853 bits per heavy atom. The molecule has 0 saturated carbocycles. The van der Waals surface area contributed by atoms with Gasteiger partial charge in [-0.2, -0.15) is 0 Å². The van der Waals surface area contributed by atoms with Crippen molar-refractivity contribution in [3.8, 4) is 0 Å². The molecule has 0 spiro atoms. The largest absolute Gasteiger partial charge is 0.394 e. The van der Waals surface area contributed by atoms with Crippen LogP contribution in [0.15, 0.2) is 0 Å². The summed E-state index contributed by atoms with van der Waals surface area (Å²) in [5.74, 6) is 0. The predicted molar refractivity (Wildman–Crippen MR) is 101 cm³/mol. The maximum atomic E-state index is 10.7. The fourth-order valence-corrected chi connectivity index (χ4v) is 4.04. The smallest absolute Gasteiger partial charge is 0.187 e. The van der Waals surface area contributed by atoms with Gasteiger partial charge in [0.15, 0.2) is 18.9 Å². The van der Waals surface area contributed by atoms with Crippen LogP contribution in [0, 0.1) is 0 Å². The van der Waals surface area contributed by atoms with Gasteiger partial charge in [-0.15, -0.1) is 0 Å². The predicted octanol–water partition coefficient (Wildman–Crippen LogP) is -7.57. The van der Waals surface area contributed by atoms with Crippen LogP contribution in [0.25, 0.3) is 0 Å². The van der Waals surface area contributed by atoms with E-state index in [1.807, 2.05) is 0 Å². The molecule has 0 amide bonds. The van der Waals surface area contributed by atoms with Gasteiger partial charge in [-0.05, 0) is 0 Å². The lowest BCUT2D eigenvalue weighted by atomic mass is 9.96. The molecule has 3 aliphatic heterocycles. The molecule has 3 aliphatic rings. The second kappa shape index (κ2) is 11.6. The topological polar surface area (TPSA) is 269 Å². The number of aliphatic hydroxyl groups excluding tert-OH is 11. The number of ether oxygens (including phenoxy) is 5. The average Bonchev–Trinajstić information content (AvgIpc) is 2.82. The zero-order valence-electron chi connectivity index (χ0n) is 17.7. The van der Waals surface area contributed by atoms with Gasteiger partial charge >= 0.3 is 0 Å². The molecular weight excluding hydrogens is 472 g/mol. The first kappa shape index (κ1) is 27.9. The fraction of sp³-hybridized carbons (Fsp3) is 1.00. The highest BCUT2D eigenvalue weighted by molar-refractivity contribution is 4.96. The van der Waals surface area contributed by atoms with E-state index in [2.05, 4.69) is 0 Å². The monoisotopic (exact) mass is 504 g/mol. The van der Waals surface area contributed by atoms with Crippen molar-refractivity contribution in [2.75, 3.05) is 19.8 Å². The van der Waals surface area contributed by atoms with E-state index in [0.29, 0.717) is 0 Å². The average molecular weight is 504 g/mol. The standard InChI is InChI=1S/C18H32O16/c19-1-4-7(22)10(25)11(26)17(31-4)34-15-9(24)6(3-21)32-18(13(15)28)33-14-8(23)5(2-20)30-16(29)12(14)27/h4-29H,1-3H2/t4-,5-,6-,7+,8+,9+,10+,11-,12-,13-,14+,15+,16-,17+,18+/m1/s1. The van der Waals surface area contributed by atoms with E-state index >= 15 is 0 Å². The molecular formula is C18H32O16. The molecule has 0 unspecified atom stereocenters. The Hall–Kier alpha value is -0.640. The summed E-state index contributed by atoms with van der Waals surface area (Å²) in [6.45, 7) is -2.33. The molecule has 16 nitrogen and oxygen atoms in total. The van der Waals surface area contributed by atoms with Gasteiger partial charge < -0.3 is 79.9 Å². The van der Waals surface area contributed by atoms with Gasteiger partial charge in [0.05, 0.1) is 19.8 Å². The van der Waals surface area contributed by atoms with Crippen LogP contribution in [0.3, 0.4) is 0 Å². The third-order valence-electron chi connectivity index (χ3n) is 6.09. The summed E-state index contributed by atoms with van der Waals surface area (Å²) in [6, 6.07) is 0. The maximum absolute atomic E-state index is 10.7. The lowest BCUT2D eigenvalue weighted by Crippen LogP contribution is -2.66. The number of aliphatic hydroxyl groups is 11. The Labute approximate surface area is 192 Å². The van der Waals surface area contributed by atoms with Gasteiger partial charge in [0.1, 0.15) is 73.2 Å². The zero-order chi connectivity index (χ0) is 25.3. The number of rotatable bonds is 7. The first-order valence-corrected chi connectivity index (χ1v) is 10.6. The minimum Gasteiger partial charge on any atom is -0.394 e. The van der Waals surface area contributed by atoms with E-state index in [9.17, 15) is 56.2 Å². The van der Waals surface area contributed by atoms with Crippen LogP contribution in [0.2, 0.25) is 0 Å². The summed E-state index contributed by atoms with van der Waals surface area (Å²) in [4.78, 5) is 0. The number of hydrogen-bond acceptors (Lipinski definition) is 16. The fourth-order valence-electron chi connectivity index (χ4n) is 4.04. The van der Waals surface area contributed by atoms with Crippen molar-refractivity contribution in [1.29, 1.82) is 0 Å². The molecule has 3 fully saturated rings. The Bertz CT molecular complexity index is 639. The Balaban J connectivity index is 1.78. The SMILES string of the molecule is OC[C@H]1O[C@@H](O[C@H]2[C@@H](O)[C@@H](CO)O[C@@H](O[C@@H]3[C@@H](O)[C@H](O)O[C@H](CO)[C@@H]3O)[C@@H]2O)[C@H](O)[C@@H](O)[C@H]1O. The van der Waals surface area contributed by atoms with Crippen LogP contribution in [0.5, 0.6) is 0 Å². The molecule has 0 bridgehead atoms. The molecule has 34 heavy (non-hydrogen) atoms. The van der Waals surface area contributed by atoms with E-state index in [-0.39, 0.29) is 0 Å². The second-order valence-electron chi connectivity index (χ2n) is 8.33. The van der Waals surface area contributed by atoms with E-state index < -0.39 is 112 Å². The molecule has 3 heterocycles. The molecule has 11 N–H and O–H groups in total. The van der Waals surface area contributed by atoms with Crippen LogP contribution in [-0.4, -0.2) is 168 Å². The lowest BCUT2D eigenvalue weighted by molar-refractivity contribution is -0.379. The normalized spacial score (nSPS) is 52.5. The summed E-state index contributed by atoms with van der Waals surface area (Å²) in [5, 5.41) is 110. The summed E-state index contributed by atoms with van der Waals surface area (Å²) in [6.07, 6.45) is -25.5. The third-order valence-corrected chi connectivity index (χ3v) is 6.09. The lowest BCUT2D eigenvalue weighted by Gasteiger charge is -2.47. The van der Waals surface area contributed by atoms with Crippen molar-refractivity contribution in [3.05, 3.63) is 0 Å². The first-order valence-electron chi connectivity index (χ1n) is 10.6. The molecule has 3 saturated heterocycles. The van der Waals surface area contributed by atoms with Gasteiger partial charge in [-0.3, -0.25) is 0 Å². The first-order chi connectivity index (χ1) is 16.0. The van der Waals surface area contributed by atoms with Crippen LogP contribution in [0.4, 0.5) is 0 Å². The zero-order valence-corrected chi connectivity index (χ0v) is 17.7. The van der Waals surface area contributed by atoms with E-state index in [1.165, 1.54) is 0 Å². The Morgan fingerprint density at radius 3 is 1.35 bits per heavy atom. The van der Waals surface area contributed by atoms with Gasteiger partial charge in [-0.25, -0.2) is 0 Å². The third kappa shape index (κ3) is 5.37. The van der Waals surface area contributed by atoms with Crippen molar-refractivity contribution in [1.82, 2.24) is 0 Å². The highest BCUT2D eigenvalue weighted by Crippen LogP contribution is 2.32. The van der Waals surface area contributed by atoms with Gasteiger partial charge in [0.2, 0.25) is 0 Å². The van der Waals surface area contributed by atoms with E-state index in [0.717, 1.165) is 0 Å². The van der Waals surface area contributed by atoms with Gasteiger partial charge in [0.25, 0.3) is 0 Å². The van der Waals surface area contributed by atoms with Crippen molar-refractivity contribution < 1.29 is 79.9 Å². The van der Waals surface area contributed by atoms with Crippen LogP contribution in [0.1, 0.15) is 0 Å². The van der Waals surface area contributed by atoms with Crippen LogP contribution >= 0.6 is 0 Å². The molecule has 200 valence electrons. The summed E-state index contributed by atoms with van der Waals surface area (Å²) in [5.41, 5.74) is 0. The van der Waals surface area contributed by atoms with Crippen molar-refractivity contribution >= 4 is 0 Å². The van der Waals surface area contributed by atoms with Crippen molar-refractivity contribution in [2.24, 2.45) is 0 Å². The Morgan fingerprint density at radius 1 is 0.441 bits per heavy atom. The highest BCUT2D eigenvalue weighted by Gasteiger charge is 2.53. The molecule has 0 aromatic carbocycles. The van der Waals surface area contributed by atoms with Crippen LogP contribution < -0.4 is 0 Å². The summed E-state index contributed by atoms with van der Waals surface area (Å²) < 4.78 is 26.2. The minimum atomic E-state index is -1.92. The van der Waals surface area contributed by atoms with Gasteiger partial charge in [-0.1, -0.05) is 0 Å². The molecule has 3 rings (SSSR count). The molecule has 0 radical (unpaired) electrons. The van der Waals surface area contributed by atoms with Crippen molar-refractivity contribution in [3.63, 3.8) is 0 Å². The van der Waals surface area contributed by atoms with E-state index in [4.69, 9.17) is 23.7 Å². The second-order valence-corrected chi connectivity index (χ2v) is 8.33. The van der Waals surface area contributed by atoms with E-state index in [1.54, 1.807) is 0 Å². The number of hydrogen-bond donors (Lipinski definition) is 11. The molecule has 0 aliphatic carbocycles. The molecule has 15 atom stereocenters. The van der Waals surface area contributed by atoms with Gasteiger partial charge in [0, 0.05) is 0 Å². The summed E-state index contributed by atoms with van der Waals surface area (Å²) >= 11 is 0. The minimum absolute atomic E-state index is 0.750. The molecule has 0 aromatic rings. The Kier molecular flexibility index (Phi) is 9.54. The highest BCUT2D eigenvalue weighted by atomic mass is 16.7. The quantitative estimate of drug-likeness (QED) is 0.154. The molecule has 16 heteroatoms. The summed E-state index contributed by atoms with van der Waals surface area (Å²) in [7, 11) is 0. The van der Waals surface area contributed by atoms with Crippen molar-refractivity contribution in [2.45, 2.75) is 92.1 Å². The molecule has 0 aromatic heterocycles. The van der Waals surface area contributed by atoms with Crippen LogP contribution in [-0.2, 0) is 23.7 Å². The maximum Gasteiger partial charge on any atom is 0.187 e.